The van der Waals surface area contributed by atoms with Gasteiger partial charge in [-0.3, -0.25) is 4.79 Å². The fraction of sp³-hybridized carbons (Fsp3) is 0.550. The number of benzene rings is 1. The molecule has 0 aromatic heterocycles. The molecule has 0 saturated carbocycles. The predicted octanol–water partition coefficient (Wildman–Crippen LogP) is 2.94. The summed E-state index contributed by atoms with van der Waals surface area (Å²) in [6.45, 7) is 7.55. The van der Waals surface area contributed by atoms with E-state index in [2.05, 4.69) is 10.6 Å². The molecule has 0 aliphatic heterocycles. The van der Waals surface area contributed by atoms with Crippen molar-refractivity contribution >= 4 is 18.0 Å². The second-order valence-corrected chi connectivity index (χ2v) is 7.10. The highest BCUT2D eigenvalue weighted by atomic mass is 16.5. The lowest BCUT2D eigenvalue weighted by Gasteiger charge is -2.25. The van der Waals surface area contributed by atoms with Crippen LogP contribution in [0.4, 0.5) is 4.79 Å². The lowest BCUT2D eigenvalue weighted by Crippen LogP contribution is -2.53. The highest BCUT2D eigenvalue weighted by Gasteiger charge is 2.30. The van der Waals surface area contributed by atoms with Crippen LogP contribution in [0.1, 0.15) is 46.1 Å². The maximum Gasteiger partial charge on any atom is 0.408 e. The van der Waals surface area contributed by atoms with Crippen LogP contribution in [0.5, 0.6) is 0 Å². The number of carboxylic acids is 1. The topological polar surface area (TPSA) is 105 Å². The highest BCUT2D eigenvalue weighted by Crippen LogP contribution is 2.11. The van der Waals surface area contributed by atoms with Crippen LogP contribution in [-0.4, -0.2) is 35.2 Å². The summed E-state index contributed by atoms with van der Waals surface area (Å²) in [5, 5.41) is 14.4. The van der Waals surface area contributed by atoms with Gasteiger partial charge in [0.05, 0.1) is 0 Å². The Morgan fingerprint density at radius 3 is 2.22 bits per heavy atom. The first-order valence-corrected chi connectivity index (χ1v) is 9.24. The number of hydrogen-bond donors (Lipinski definition) is 3. The van der Waals surface area contributed by atoms with Crippen LogP contribution in [0, 0.1) is 11.8 Å². The molecule has 3 atom stereocenters. The molecule has 27 heavy (non-hydrogen) atoms. The third-order valence-corrected chi connectivity index (χ3v) is 4.31. The van der Waals surface area contributed by atoms with Crippen molar-refractivity contribution in [3.8, 4) is 0 Å². The first-order chi connectivity index (χ1) is 12.7. The van der Waals surface area contributed by atoms with Gasteiger partial charge in [0, 0.05) is 0 Å². The number of carbonyl (C=O) groups excluding carboxylic acids is 2. The van der Waals surface area contributed by atoms with Crippen LogP contribution in [0.15, 0.2) is 30.3 Å². The third-order valence-electron chi connectivity index (χ3n) is 4.31. The molecule has 1 aromatic rings. The number of alkyl carbamates (subject to hydrolysis) is 1. The summed E-state index contributed by atoms with van der Waals surface area (Å²) in [6.07, 6.45) is 0.271. The molecular weight excluding hydrogens is 348 g/mol. The van der Waals surface area contributed by atoms with Crippen LogP contribution >= 0.6 is 0 Å². The minimum absolute atomic E-state index is 0.0906. The summed E-state index contributed by atoms with van der Waals surface area (Å²) in [7, 11) is 0. The van der Waals surface area contributed by atoms with Crippen LogP contribution in [-0.2, 0) is 20.9 Å². The van der Waals surface area contributed by atoms with E-state index in [1.165, 1.54) is 0 Å². The number of carboxylic acid groups (broad SMARTS) is 1. The third kappa shape index (κ3) is 8.11. The minimum Gasteiger partial charge on any atom is -0.480 e. The van der Waals surface area contributed by atoms with Gasteiger partial charge in [-0.25, -0.2) is 9.59 Å². The fourth-order valence-corrected chi connectivity index (χ4v) is 2.55. The van der Waals surface area contributed by atoms with Crippen molar-refractivity contribution < 1.29 is 24.2 Å². The molecule has 0 spiro atoms. The first kappa shape index (κ1) is 22.5. The van der Waals surface area contributed by atoms with Crippen molar-refractivity contribution in [2.75, 3.05) is 0 Å². The maximum atomic E-state index is 12.6. The second kappa shape index (κ2) is 11.2. The monoisotopic (exact) mass is 378 g/mol. The molecular formula is C20H30N2O5. The van der Waals surface area contributed by atoms with Gasteiger partial charge in [-0.15, -0.1) is 0 Å². The maximum absolute atomic E-state index is 12.6. The largest absolute Gasteiger partial charge is 0.480 e. The summed E-state index contributed by atoms with van der Waals surface area (Å²) in [5.41, 5.74) is 0.834. The summed E-state index contributed by atoms with van der Waals surface area (Å²) >= 11 is 0. The van der Waals surface area contributed by atoms with E-state index in [-0.39, 0.29) is 18.4 Å². The number of hydrogen-bond acceptors (Lipinski definition) is 4. The Morgan fingerprint density at radius 2 is 1.70 bits per heavy atom. The Hall–Kier alpha value is -2.57. The van der Waals surface area contributed by atoms with E-state index in [0.29, 0.717) is 12.8 Å². The number of rotatable bonds is 10. The summed E-state index contributed by atoms with van der Waals surface area (Å²) in [6, 6.07) is 7.34. The van der Waals surface area contributed by atoms with Gasteiger partial charge in [-0.1, -0.05) is 64.4 Å². The Morgan fingerprint density at radius 1 is 1.07 bits per heavy atom. The van der Waals surface area contributed by atoms with Crippen molar-refractivity contribution in [2.45, 2.75) is 59.2 Å². The molecule has 0 fully saturated rings. The molecule has 7 heteroatoms. The quantitative estimate of drug-likeness (QED) is 0.581. The zero-order chi connectivity index (χ0) is 20.4. The number of amides is 2. The van der Waals surface area contributed by atoms with Crippen LogP contribution < -0.4 is 10.6 Å². The van der Waals surface area contributed by atoms with Gasteiger partial charge in [-0.05, 0) is 23.8 Å². The molecule has 150 valence electrons. The molecule has 1 rings (SSSR count). The van der Waals surface area contributed by atoms with Crippen molar-refractivity contribution in [2.24, 2.45) is 11.8 Å². The fourth-order valence-electron chi connectivity index (χ4n) is 2.55. The molecule has 0 saturated heterocycles. The van der Waals surface area contributed by atoms with E-state index in [4.69, 9.17) is 4.74 Å². The molecule has 3 N–H and O–H groups in total. The second-order valence-electron chi connectivity index (χ2n) is 7.10. The normalized spacial score (nSPS) is 14.1. The van der Waals surface area contributed by atoms with Gasteiger partial charge in [0.25, 0.3) is 0 Å². The zero-order valence-electron chi connectivity index (χ0n) is 16.4. The van der Waals surface area contributed by atoms with E-state index in [9.17, 15) is 19.5 Å². The smallest absolute Gasteiger partial charge is 0.408 e. The molecule has 0 aliphatic rings. The Labute approximate surface area is 160 Å². The van der Waals surface area contributed by atoms with Gasteiger partial charge in [-0.2, -0.15) is 0 Å². The van der Waals surface area contributed by atoms with E-state index < -0.39 is 30.1 Å². The van der Waals surface area contributed by atoms with Crippen molar-refractivity contribution in [1.82, 2.24) is 10.6 Å². The lowest BCUT2D eigenvalue weighted by atomic mass is 9.97. The van der Waals surface area contributed by atoms with Crippen molar-refractivity contribution in [1.29, 1.82) is 0 Å². The average molecular weight is 378 g/mol. The molecule has 2 amide bonds. The molecule has 0 bridgehead atoms. The standard InChI is InChI=1S/C20H30N2O5/c1-5-14(4)17(19(24)25)22-18(23)16(11-13(2)3)21-20(26)27-12-15-9-7-6-8-10-15/h6-10,13-14,16-17H,5,11-12H2,1-4H3,(H,21,26)(H,22,23)(H,24,25)/t14-,16+,17-/m1/s1. The van der Waals surface area contributed by atoms with Gasteiger partial charge in [0.2, 0.25) is 5.91 Å². The Bertz CT molecular complexity index is 618. The van der Waals surface area contributed by atoms with Gasteiger partial charge in [0.15, 0.2) is 0 Å². The summed E-state index contributed by atoms with van der Waals surface area (Å²) in [4.78, 5) is 36.1. The average Bonchev–Trinajstić information content (AvgIpc) is 2.63. The molecule has 1 aromatic carbocycles. The number of aliphatic carboxylic acids is 1. The summed E-state index contributed by atoms with van der Waals surface area (Å²) in [5.74, 6) is -1.71. The van der Waals surface area contributed by atoms with E-state index >= 15 is 0 Å². The van der Waals surface area contributed by atoms with Gasteiger partial charge in [0.1, 0.15) is 18.7 Å². The van der Waals surface area contributed by atoms with Crippen LogP contribution in [0.25, 0.3) is 0 Å². The van der Waals surface area contributed by atoms with Gasteiger partial charge < -0.3 is 20.5 Å². The molecule has 0 unspecified atom stereocenters. The number of carbonyl (C=O) groups is 3. The minimum atomic E-state index is -1.09. The van der Waals surface area contributed by atoms with Crippen molar-refractivity contribution in [3.63, 3.8) is 0 Å². The van der Waals surface area contributed by atoms with E-state index in [0.717, 1.165) is 5.56 Å². The van der Waals surface area contributed by atoms with Crippen molar-refractivity contribution in [3.05, 3.63) is 35.9 Å². The van der Waals surface area contributed by atoms with E-state index in [1.54, 1.807) is 6.92 Å². The predicted molar refractivity (Wildman–Crippen MR) is 102 cm³/mol. The molecule has 7 nitrogen and oxygen atoms in total. The SMILES string of the molecule is CC[C@@H](C)[C@@H](NC(=O)[C@H](CC(C)C)NC(=O)OCc1ccccc1)C(=O)O. The number of ether oxygens (including phenoxy) is 1. The number of nitrogens with one attached hydrogen (secondary N) is 2. The first-order valence-electron chi connectivity index (χ1n) is 9.24. The Balaban J connectivity index is 2.71. The Kier molecular flexibility index (Phi) is 9.33. The van der Waals surface area contributed by atoms with E-state index in [1.807, 2.05) is 51.1 Å². The highest BCUT2D eigenvalue weighted by molar-refractivity contribution is 5.89. The molecule has 0 heterocycles. The molecule has 0 aliphatic carbocycles. The lowest BCUT2D eigenvalue weighted by molar-refractivity contribution is -0.143. The van der Waals surface area contributed by atoms with Crippen LogP contribution in [0.3, 0.4) is 0 Å². The summed E-state index contributed by atoms with van der Waals surface area (Å²) < 4.78 is 5.16. The zero-order valence-corrected chi connectivity index (χ0v) is 16.4. The molecule has 0 radical (unpaired) electrons. The van der Waals surface area contributed by atoms with Crippen LogP contribution in [0.2, 0.25) is 0 Å². The van der Waals surface area contributed by atoms with Gasteiger partial charge >= 0.3 is 12.1 Å².